The van der Waals surface area contributed by atoms with Gasteiger partial charge < -0.3 is 4.98 Å². The second kappa shape index (κ2) is 4.47. The zero-order valence-electron chi connectivity index (χ0n) is 9.81. The maximum absolute atomic E-state index is 10.1. The summed E-state index contributed by atoms with van der Waals surface area (Å²) in [6, 6.07) is 12.5. The summed E-state index contributed by atoms with van der Waals surface area (Å²) in [4.78, 5) is 17.0. The Kier molecular flexibility index (Phi) is 2.67. The number of hydrogen-bond acceptors (Lipinski definition) is 2. The molecule has 3 nitrogen and oxygen atoms in total. The van der Waals surface area contributed by atoms with E-state index in [0.29, 0.717) is 6.54 Å². The van der Waals surface area contributed by atoms with Crippen LogP contribution >= 0.6 is 0 Å². The number of hydrogen-bond donors (Lipinski definition) is 1. The minimum atomic E-state index is 0.489. The second-order valence-corrected chi connectivity index (χ2v) is 4.25. The van der Waals surface area contributed by atoms with Crippen molar-refractivity contribution in [2.45, 2.75) is 6.42 Å². The molecule has 0 aliphatic heterocycles. The van der Waals surface area contributed by atoms with Crippen LogP contribution in [0.2, 0.25) is 0 Å². The van der Waals surface area contributed by atoms with E-state index in [1.807, 2.05) is 18.3 Å². The van der Waals surface area contributed by atoms with Gasteiger partial charge in [-0.25, -0.2) is 9.79 Å². The molecule has 1 aromatic heterocycles. The third-order valence-corrected chi connectivity index (χ3v) is 3.22. The first-order chi connectivity index (χ1) is 8.90. The highest BCUT2D eigenvalue weighted by Crippen LogP contribution is 2.27. The zero-order valence-corrected chi connectivity index (χ0v) is 9.81. The summed E-state index contributed by atoms with van der Waals surface area (Å²) in [6.07, 6.45) is 4.33. The van der Waals surface area contributed by atoms with E-state index in [9.17, 15) is 4.79 Å². The Labute approximate surface area is 104 Å². The van der Waals surface area contributed by atoms with Crippen molar-refractivity contribution in [2.24, 2.45) is 4.99 Å². The first kappa shape index (κ1) is 10.8. The van der Waals surface area contributed by atoms with Crippen LogP contribution < -0.4 is 0 Å². The van der Waals surface area contributed by atoms with Gasteiger partial charge in [0.1, 0.15) is 0 Å². The molecule has 18 heavy (non-hydrogen) atoms. The van der Waals surface area contributed by atoms with E-state index in [1.54, 1.807) is 6.08 Å². The van der Waals surface area contributed by atoms with Crippen LogP contribution in [-0.2, 0) is 11.2 Å². The average Bonchev–Trinajstić information content (AvgIpc) is 2.83. The summed E-state index contributed by atoms with van der Waals surface area (Å²) in [5.41, 5.74) is 2.34. The Bertz CT molecular complexity index is 751. The van der Waals surface area contributed by atoms with E-state index in [2.05, 4.69) is 34.2 Å². The minimum absolute atomic E-state index is 0.489. The second-order valence-electron chi connectivity index (χ2n) is 4.25. The van der Waals surface area contributed by atoms with Gasteiger partial charge in [0.25, 0.3) is 0 Å². The number of aromatic nitrogens is 1. The lowest BCUT2D eigenvalue weighted by Gasteiger charge is -2.00. The zero-order chi connectivity index (χ0) is 12.4. The van der Waals surface area contributed by atoms with E-state index in [4.69, 9.17) is 0 Å². The molecular weight excluding hydrogens is 224 g/mol. The lowest BCUT2D eigenvalue weighted by molar-refractivity contribution is 0.563. The monoisotopic (exact) mass is 236 g/mol. The molecule has 3 heteroatoms. The molecule has 0 unspecified atom stereocenters. The van der Waals surface area contributed by atoms with Crippen molar-refractivity contribution >= 4 is 27.8 Å². The predicted molar refractivity (Wildman–Crippen MR) is 72.5 cm³/mol. The van der Waals surface area contributed by atoms with Gasteiger partial charge in [0.05, 0.1) is 12.1 Å². The molecule has 0 fully saturated rings. The minimum Gasteiger partial charge on any atom is -0.360 e. The van der Waals surface area contributed by atoms with Gasteiger partial charge in [0.2, 0.25) is 6.08 Å². The fourth-order valence-corrected chi connectivity index (χ4v) is 2.36. The topological polar surface area (TPSA) is 45.2 Å². The Balaban J connectivity index is 2.14. The smallest absolute Gasteiger partial charge is 0.234 e. The van der Waals surface area contributed by atoms with Gasteiger partial charge in [-0.1, -0.05) is 36.4 Å². The maximum Gasteiger partial charge on any atom is 0.234 e. The van der Waals surface area contributed by atoms with Gasteiger partial charge in [0.15, 0.2) is 0 Å². The molecule has 0 radical (unpaired) electrons. The largest absolute Gasteiger partial charge is 0.360 e. The number of aliphatic imine (C=N–C) groups is 1. The molecule has 0 bridgehead atoms. The summed E-state index contributed by atoms with van der Waals surface area (Å²) in [5, 5.41) is 3.65. The molecule has 0 atom stereocenters. The highest BCUT2D eigenvalue weighted by atomic mass is 16.1. The molecule has 0 spiro atoms. The van der Waals surface area contributed by atoms with Crippen LogP contribution in [0.15, 0.2) is 47.6 Å². The van der Waals surface area contributed by atoms with Crippen molar-refractivity contribution in [2.75, 3.05) is 6.54 Å². The van der Waals surface area contributed by atoms with E-state index >= 15 is 0 Å². The van der Waals surface area contributed by atoms with Gasteiger partial charge in [0, 0.05) is 17.0 Å². The van der Waals surface area contributed by atoms with E-state index < -0.39 is 0 Å². The predicted octanol–water partition coefficient (Wildman–Crippen LogP) is 3.20. The number of carbonyl (C=O) groups excluding carboxylic acids is 1. The highest BCUT2D eigenvalue weighted by molar-refractivity contribution is 6.06. The third-order valence-electron chi connectivity index (χ3n) is 3.22. The fourth-order valence-electron chi connectivity index (χ4n) is 2.36. The van der Waals surface area contributed by atoms with Gasteiger partial charge in [-0.2, -0.15) is 0 Å². The van der Waals surface area contributed by atoms with Crippen molar-refractivity contribution < 1.29 is 4.79 Å². The van der Waals surface area contributed by atoms with Crippen LogP contribution in [-0.4, -0.2) is 17.6 Å². The first-order valence-electron chi connectivity index (χ1n) is 5.91. The van der Waals surface area contributed by atoms with Crippen LogP contribution in [0.25, 0.3) is 21.7 Å². The highest BCUT2D eigenvalue weighted by Gasteiger charge is 2.06. The molecule has 88 valence electrons. The standard InChI is InChI=1S/C15H12N2O/c18-10-16-8-7-12-9-17-15-13-4-2-1-3-11(13)5-6-14(12)15/h1-6,9,17H,7-8H2. The van der Waals surface area contributed by atoms with Gasteiger partial charge >= 0.3 is 0 Å². The molecule has 3 rings (SSSR count). The molecular formula is C15H12N2O. The number of fused-ring (bicyclic) bond motifs is 3. The maximum atomic E-state index is 10.1. The van der Waals surface area contributed by atoms with Gasteiger partial charge in [-0.3, -0.25) is 0 Å². The average molecular weight is 236 g/mol. The van der Waals surface area contributed by atoms with Crippen molar-refractivity contribution in [3.63, 3.8) is 0 Å². The van der Waals surface area contributed by atoms with E-state index in [0.717, 1.165) is 11.9 Å². The number of H-pyrrole nitrogens is 1. The first-order valence-corrected chi connectivity index (χ1v) is 5.91. The lowest BCUT2D eigenvalue weighted by Crippen LogP contribution is -1.87. The van der Waals surface area contributed by atoms with Crippen molar-refractivity contribution in [1.29, 1.82) is 0 Å². The molecule has 0 aliphatic carbocycles. The van der Waals surface area contributed by atoms with Crippen LogP contribution in [0.1, 0.15) is 5.56 Å². The number of nitrogens with one attached hydrogen (secondary N) is 1. The van der Waals surface area contributed by atoms with Crippen LogP contribution in [0.5, 0.6) is 0 Å². The van der Waals surface area contributed by atoms with Crippen molar-refractivity contribution in [3.8, 4) is 0 Å². The Morgan fingerprint density at radius 2 is 2.00 bits per heavy atom. The molecule has 0 saturated heterocycles. The molecule has 1 N–H and O–H groups in total. The molecule has 3 aromatic rings. The van der Waals surface area contributed by atoms with Crippen LogP contribution in [0, 0.1) is 0 Å². The Morgan fingerprint density at radius 3 is 2.89 bits per heavy atom. The third kappa shape index (κ3) is 1.71. The van der Waals surface area contributed by atoms with E-state index in [-0.39, 0.29) is 0 Å². The SMILES string of the molecule is O=C=NCCc1c[nH]c2c1ccc1ccccc12. The summed E-state index contributed by atoms with van der Waals surface area (Å²) >= 11 is 0. The summed E-state index contributed by atoms with van der Waals surface area (Å²) in [6.45, 7) is 0.489. The molecule has 0 aliphatic rings. The molecule has 1 heterocycles. The summed E-state index contributed by atoms with van der Waals surface area (Å²) in [7, 11) is 0. The van der Waals surface area contributed by atoms with Gasteiger partial charge in [-0.05, 0) is 17.4 Å². The Morgan fingerprint density at radius 1 is 1.11 bits per heavy atom. The van der Waals surface area contributed by atoms with Crippen LogP contribution in [0.3, 0.4) is 0 Å². The number of nitrogens with zero attached hydrogens (tertiary/aromatic N) is 1. The van der Waals surface area contributed by atoms with Crippen LogP contribution in [0.4, 0.5) is 0 Å². The van der Waals surface area contributed by atoms with Gasteiger partial charge in [-0.15, -0.1) is 0 Å². The van der Waals surface area contributed by atoms with Crippen molar-refractivity contribution in [3.05, 3.63) is 48.2 Å². The summed E-state index contributed by atoms with van der Waals surface area (Å²) in [5.74, 6) is 0. The number of isocyanates is 1. The van der Waals surface area contributed by atoms with E-state index in [1.165, 1.54) is 21.7 Å². The lowest BCUT2D eigenvalue weighted by atomic mass is 10.0. The quantitative estimate of drug-likeness (QED) is 0.551. The fraction of sp³-hybridized carbons (Fsp3) is 0.133. The normalized spacial score (nSPS) is 10.7. The number of aromatic amines is 1. The molecule has 0 saturated carbocycles. The number of benzene rings is 2. The summed E-state index contributed by atoms with van der Waals surface area (Å²) < 4.78 is 0. The van der Waals surface area contributed by atoms with Crippen molar-refractivity contribution in [1.82, 2.24) is 4.98 Å². The number of rotatable bonds is 3. The molecule has 2 aromatic carbocycles. The molecule has 0 amide bonds. The Hall–Kier alpha value is -2.38.